The molecule has 4 rings (SSSR count). The van der Waals surface area contributed by atoms with Crippen LogP contribution in [-0.4, -0.2) is 28.4 Å². The molecule has 4 heteroatoms. The minimum Gasteiger partial charge on any atom is -0.335 e. The van der Waals surface area contributed by atoms with E-state index < -0.39 is 0 Å². The third-order valence-corrected chi connectivity index (χ3v) is 5.52. The molecule has 2 heterocycles. The van der Waals surface area contributed by atoms with Crippen LogP contribution in [0.25, 0.3) is 0 Å². The molecule has 130 valence electrons. The number of nitrogens with zero attached hydrogens (tertiary/aromatic N) is 1. The van der Waals surface area contributed by atoms with E-state index in [-0.39, 0.29) is 17.5 Å². The Bertz CT molecular complexity index is 826. The van der Waals surface area contributed by atoms with Gasteiger partial charge in [-0.15, -0.1) is 0 Å². The second kappa shape index (κ2) is 6.87. The Morgan fingerprint density at radius 2 is 1.96 bits per heavy atom. The van der Waals surface area contributed by atoms with Gasteiger partial charge in [-0.2, -0.15) is 0 Å². The molecule has 1 aliphatic heterocycles. The van der Waals surface area contributed by atoms with Crippen molar-refractivity contribution in [3.05, 3.63) is 69.1 Å². The highest BCUT2D eigenvalue weighted by Crippen LogP contribution is 2.24. The average Bonchev–Trinajstić information content (AvgIpc) is 3.09. The quantitative estimate of drug-likeness (QED) is 0.936. The van der Waals surface area contributed by atoms with E-state index in [0.717, 1.165) is 62.7 Å². The molecule has 0 bridgehead atoms. The van der Waals surface area contributed by atoms with E-state index in [1.807, 2.05) is 29.2 Å². The lowest BCUT2D eigenvalue weighted by Crippen LogP contribution is -2.46. The van der Waals surface area contributed by atoms with Crippen molar-refractivity contribution in [2.24, 2.45) is 0 Å². The number of carbonyl (C=O) groups is 1. The van der Waals surface area contributed by atoms with Crippen molar-refractivity contribution in [2.75, 3.05) is 6.54 Å². The first-order valence-corrected chi connectivity index (χ1v) is 9.32. The van der Waals surface area contributed by atoms with E-state index in [4.69, 9.17) is 0 Å². The maximum Gasteiger partial charge on any atom is 0.261 e. The van der Waals surface area contributed by atoms with Gasteiger partial charge in [0.25, 0.3) is 11.5 Å². The summed E-state index contributed by atoms with van der Waals surface area (Å²) in [5.74, 6) is -0.100. The molecule has 2 aromatic rings. The van der Waals surface area contributed by atoms with Crippen LogP contribution in [0.2, 0.25) is 0 Å². The number of hydrogen-bond donors (Lipinski definition) is 1. The maximum absolute atomic E-state index is 13.1. The van der Waals surface area contributed by atoms with E-state index in [1.165, 1.54) is 5.56 Å². The van der Waals surface area contributed by atoms with E-state index in [9.17, 15) is 9.59 Å². The molecule has 4 nitrogen and oxygen atoms in total. The van der Waals surface area contributed by atoms with Crippen LogP contribution >= 0.6 is 0 Å². The van der Waals surface area contributed by atoms with Crippen molar-refractivity contribution in [1.29, 1.82) is 0 Å². The highest BCUT2D eigenvalue weighted by atomic mass is 16.2. The van der Waals surface area contributed by atoms with Crippen molar-refractivity contribution < 1.29 is 4.79 Å². The molecule has 0 unspecified atom stereocenters. The van der Waals surface area contributed by atoms with E-state index in [2.05, 4.69) is 17.1 Å². The highest BCUT2D eigenvalue weighted by Gasteiger charge is 2.29. The zero-order valence-electron chi connectivity index (χ0n) is 14.5. The van der Waals surface area contributed by atoms with Gasteiger partial charge in [0, 0.05) is 18.3 Å². The van der Waals surface area contributed by atoms with Gasteiger partial charge in [0.2, 0.25) is 0 Å². The zero-order valence-corrected chi connectivity index (χ0v) is 14.5. The first-order chi connectivity index (χ1) is 12.2. The minimum atomic E-state index is -0.227. The molecular weight excluding hydrogens is 312 g/mol. The predicted molar refractivity (Wildman–Crippen MR) is 97.9 cm³/mol. The van der Waals surface area contributed by atoms with Gasteiger partial charge in [0.1, 0.15) is 5.56 Å². The summed E-state index contributed by atoms with van der Waals surface area (Å²) in [6, 6.07) is 12.3. The van der Waals surface area contributed by atoms with Gasteiger partial charge in [0.15, 0.2) is 0 Å². The van der Waals surface area contributed by atoms with Crippen LogP contribution in [-0.2, 0) is 19.3 Å². The molecular formula is C21H24N2O2. The summed E-state index contributed by atoms with van der Waals surface area (Å²) in [6.07, 6.45) is 6.95. The lowest BCUT2D eigenvalue weighted by molar-refractivity contribution is 0.0611. The van der Waals surface area contributed by atoms with E-state index >= 15 is 0 Å². The molecule has 1 fully saturated rings. The Kier molecular flexibility index (Phi) is 4.43. The summed E-state index contributed by atoms with van der Waals surface area (Å²) in [5, 5.41) is 0. The van der Waals surface area contributed by atoms with Crippen molar-refractivity contribution in [2.45, 2.75) is 51.0 Å². The fourth-order valence-electron chi connectivity index (χ4n) is 4.19. The third-order valence-electron chi connectivity index (χ3n) is 5.52. The number of fused-ring (bicyclic) bond motifs is 1. The number of likely N-dealkylation sites (tertiary alicyclic amines) is 1. The largest absolute Gasteiger partial charge is 0.335 e. The van der Waals surface area contributed by atoms with E-state index in [1.54, 1.807) is 0 Å². The van der Waals surface area contributed by atoms with Crippen LogP contribution in [0.4, 0.5) is 0 Å². The molecule has 1 aliphatic carbocycles. The fraction of sp³-hybridized carbons (Fsp3) is 0.429. The van der Waals surface area contributed by atoms with Gasteiger partial charge in [0.05, 0.1) is 0 Å². The average molecular weight is 336 g/mol. The van der Waals surface area contributed by atoms with Crippen LogP contribution < -0.4 is 5.56 Å². The first kappa shape index (κ1) is 16.1. The second-order valence-electron chi connectivity index (χ2n) is 7.21. The summed E-state index contributed by atoms with van der Waals surface area (Å²) >= 11 is 0. The number of carbonyl (C=O) groups excluding carboxylic acids is 1. The summed E-state index contributed by atoms with van der Waals surface area (Å²) in [7, 11) is 0. The number of nitrogens with one attached hydrogen (secondary N) is 1. The smallest absolute Gasteiger partial charge is 0.261 e. The predicted octanol–water partition coefficient (Wildman–Crippen LogP) is 3.10. The molecule has 0 radical (unpaired) electrons. The van der Waals surface area contributed by atoms with Gasteiger partial charge in [-0.25, -0.2) is 0 Å². The Labute approximate surface area is 147 Å². The standard InChI is InChI=1S/C21H24N2O2/c24-20-18(14-16-9-6-11-19(16)22-20)21(25)23-12-5-4-10-17(23)13-15-7-2-1-3-8-15/h1-3,7-8,14,17H,4-6,9-13H2,(H,22,24)/t17-/m1/s1. The van der Waals surface area contributed by atoms with Crippen LogP contribution in [0.15, 0.2) is 41.2 Å². The number of aryl methyl sites for hydroxylation is 2. The van der Waals surface area contributed by atoms with Gasteiger partial charge >= 0.3 is 0 Å². The number of rotatable bonds is 3. The van der Waals surface area contributed by atoms with Crippen molar-refractivity contribution >= 4 is 5.91 Å². The summed E-state index contributed by atoms with van der Waals surface area (Å²) < 4.78 is 0. The Morgan fingerprint density at radius 1 is 1.12 bits per heavy atom. The Balaban J connectivity index is 1.60. The highest BCUT2D eigenvalue weighted by molar-refractivity contribution is 5.94. The number of aromatic amines is 1. The number of hydrogen-bond acceptors (Lipinski definition) is 2. The molecule has 1 saturated heterocycles. The third kappa shape index (κ3) is 3.26. The number of piperidine rings is 1. The summed E-state index contributed by atoms with van der Waals surface area (Å²) in [6.45, 7) is 0.743. The van der Waals surface area contributed by atoms with Gasteiger partial charge in [-0.05, 0) is 62.1 Å². The Morgan fingerprint density at radius 3 is 2.80 bits per heavy atom. The van der Waals surface area contributed by atoms with Crippen LogP contribution in [0.5, 0.6) is 0 Å². The van der Waals surface area contributed by atoms with Crippen molar-refractivity contribution in [3.63, 3.8) is 0 Å². The zero-order chi connectivity index (χ0) is 17.2. The lowest BCUT2D eigenvalue weighted by atomic mass is 9.95. The Hall–Kier alpha value is -2.36. The van der Waals surface area contributed by atoms with Gasteiger partial charge in [-0.1, -0.05) is 30.3 Å². The molecule has 25 heavy (non-hydrogen) atoms. The monoisotopic (exact) mass is 336 g/mol. The normalized spacial score (nSPS) is 19.7. The second-order valence-corrected chi connectivity index (χ2v) is 7.21. The van der Waals surface area contributed by atoms with Crippen molar-refractivity contribution in [3.8, 4) is 0 Å². The van der Waals surface area contributed by atoms with E-state index in [0.29, 0.717) is 5.56 Å². The van der Waals surface area contributed by atoms with Crippen LogP contribution in [0.3, 0.4) is 0 Å². The minimum absolute atomic E-state index is 0.100. The molecule has 1 aromatic heterocycles. The number of amides is 1. The number of pyridine rings is 1. The number of aromatic nitrogens is 1. The van der Waals surface area contributed by atoms with Crippen molar-refractivity contribution in [1.82, 2.24) is 9.88 Å². The molecule has 0 saturated carbocycles. The molecule has 1 aromatic carbocycles. The van der Waals surface area contributed by atoms with Gasteiger partial charge < -0.3 is 9.88 Å². The summed E-state index contributed by atoms with van der Waals surface area (Å²) in [5.41, 5.74) is 3.49. The first-order valence-electron chi connectivity index (χ1n) is 9.32. The summed E-state index contributed by atoms with van der Waals surface area (Å²) in [4.78, 5) is 30.4. The molecule has 2 aliphatic rings. The SMILES string of the molecule is O=C(c1cc2c([nH]c1=O)CCC2)N1CCCC[C@@H]1Cc1ccccc1. The molecule has 1 N–H and O–H groups in total. The topological polar surface area (TPSA) is 53.2 Å². The molecule has 1 amide bonds. The van der Waals surface area contributed by atoms with Crippen LogP contribution in [0, 0.1) is 0 Å². The molecule has 0 spiro atoms. The fourth-order valence-corrected chi connectivity index (χ4v) is 4.19. The number of benzene rings is 1. The lowest BCUT2D eigenvalue weighted by Gasteiger charge is -2.36. The number of H-pyrrole nitrogens is 1. The maximum atomic E-state index is 13.1. The molecule has 1 atom stereocenters. The van der Waals surface area contributed by atoms with Crippen LogP contribution in [0.1, 0.15) is 52.9 Å². The van der Waals surface area contributed by atoms with Gasteiger partial charge in [-0.3, -0.25) is 9.59 Å².